The van der Waals surface area contributed by atoms with Gasteiger partial charge in [-0.3, -0.25) is 4.72 Å². The summed E-state index contributed by atoms with van der Waals surface area (Å²) in [5.74, 6) is 0. The molecule has 0 unspecified atom stereocenters. The predicted octanol–water partition coefficient (Wildman–Crippen LogP) is 4.78. The van der Waals surface area contributed by atoms with E-state index in [0.29, 0.717) is 5.56 Å². The van der Waals surface area contributed by atoms with E-state index < -0.39 is 21.8 Å². The Bertz CT molecular complexity index is 848. The number of nitrogens with one attached hydrogen (secondary N) is 1. The van der Waals surface area contributed by atoms with Crippen molar-refractivity contribution in [3.05, 3.63) is 58.1 Å². The highest BCUT2D eigenvalue weighted by atomic mass is 35.5. The third-order valence-electron chi connectivity index (χ3n) is 3.25. The lowest BCUT2D eigenvalue weighted by Gasteiger charge is -2.14. The average Bonchev–Trinajstić information content (AvgIpc) is 2.42. The molecule has 0 heterocycles. The summed E-state index contributed by atoms with van der Waals surface area (Å²) in [6.07, 6.45) is -4.56. The number of hydrogen-bond donors (Lipinski definition) is 1. The molecule has 124 valence electrons. The molecular formula is C15H13ClF3NO2S. The molecular weight excluding hydrogens is 351 g/mol. The second kappa shape index (κ2) is 6.05. The van der Waals surface area contributed by atoms with E-state index in [1.54, 1.807) is 6.92 Å². The molecule has 8 heteroatoms. The zero-order chi connectivity index (χ0) is 17.4. The van der Waals surface area contributed by atoms with Crippen molar-refractivity contribution in [3.8, 4) is 0 Å². The maximum atomic E-state index is 12.9. The Balaban J connectivity index is 2.39. The number of alkyl halides is 3. The van der Waals surface area contributed by atoms with E-state index >= 15 is 0 Å². The number of hydrogen-bond acceptors (Lipinski definition) is 2. The van der Waals surface area contributed by atoms with E-state index in [0.717, 1.165) is 6.07 Å². The van der Waals surface area contributed by atoms with Gasteiger partial charge < -0.3 is 0 Å². The lowest BCUT2D eigenvalue weighted by Crippen LogP contribution is -2.14. The third-order valence-corrected chi connectivity index (χ3v) is 5.03. The first-order valence-corrected chi connectivity index (χ1v) is 8.33. The molecule has 1 N–H and O–H groups in total. The molecule has 0 saturated carbocycles. The summed E-state index contributed by atoms with van der Waals surface area (Å²) in [6.45, 7) is 3.02. The van der Waals surface area contributed by atoms with Crippen molar-refractivity contribution in [2.24, 2.45) is 0 Å². The van der Waals surface area contributed by atoms with E-state index in [-0.39, 0.29) is 21.2 Å². The van der Waals surface area contributed by atoms with Crippen molar-refractivity contribution >= 4 is 27.3 Å². The number of benzene rings is 2. The van der Waals surface area contributed by atoms with E-state index in [4.69, 9.17) is 11.6 Å². The second-order valence-corrected chi connectivity index (χ2v) is 7.13. The summed E-state index contributed by atoms with van der Waals surface area (Å²) in [6, 6.07) is 7.36. The van der Waals surface area contributed by atoms with Crippen molar-refractivity contribution in [2.75, 3.05) is 4.72 Å². The summed E-state index contributed by atoms with van der Waals surface area (Å²) in [4.78, 5) is -0.123. The highest BCUT2D eigenvalue weighted by molar-refractivity contribution is 7.92. The minimum absolute atomic E-state index is 0.0128. The summed E-state index contributed by atoms with van der Waals surface area (Å²) in [5, 5.41) is 0.257. The Labute approximate surface area is 137 Å². The van der Waals surface area contributed by atoms with Crippen LogP contribution in [0.4, 0.5) is 18.9 Å². The highest BCUT2D eigenvalue weighted by Gasteiger charge is 2.32. The van der Waals surface area contributed by atoms with Crippen LogP contribution in [0.25, 0.3) is 0 Å². The SMILES string of the molecule is Cc1ccc(S(=O)(=O)Nc2ccc(C)c(C(F)(F)F)c2)cc1Cl. The minimum Gasteiger partial charge on any atom is -0.280 e. The van der Waals surface area contributed by atoms with Crippen LogP contribution in [-0.2, 0) is 16.2 Å². The lowest BCUT2D eigenvalue weighted by atomic mass is 10.1. The molecule has 2 aromatic carbocycles. The third kappa shape index (κ3) is 3.97. The average molecular weight is 364 g/mol. The normalized spacial score (nSPS) is 12.3. The molecule has 0 aliphatic rings. The van der Waals surface area contributed by atoms with Gasteiger partial charge in [-0.2, -0.15) is 13.2 Å². The number of halogens is 4. The van der Waals surface area contributed by atoms with Crippen LogP contribution in [0.3, 0.4) is 0 Å². The Kier molecular flexibility index (Phi) is 4.64. The summed E-state index contributed by atoms with van der Waals surface area (Å²) in [7, 11) is -4.03. The summed E-state index contributed by atoms with van der Waals surface area (Å²) < 4.78 is 65.3. The van der Waals surface area contributed by atoms with Crippen LogP contribution >= 0.6 is 11.6 Å². The van der Waals surface area contributed by atoms with Crippen molar-refractivity contribution in [1.82, 2.24) is 0 Å². The second-order valence-electron chi connectivity index (χ2n) is 5.04. The maximum absolute atomic E-state index is 12.9. The van der Waals surface area contributed by atoms with Crippen LogP contribution in [-0.4, -0.2) is 8.42 Å². The zero-order valence-corrected chi connectivity index (χ0v) is 13.8. The standard InChI is InChI=1S/C15H13ClF3NO2S/c1-9-3-5-11(7-13(9)15(17,18)19)20-23(21,22)12-6-4-10(2)14(16)8-12/h3-8,20H,1-2H3. The van der Waals surface area contributed by atoms with Gasteiger partial charge in [0.2, 0.25) is 0 Å². The highest BCUT2D eigenvalue weighted by Crippen LogP contribution is 2.34. The Hall–Kier alpha value is -1.73. The molecule has 0 aromatic heterocycles. The molecule has 3 nitrogen and oxygen atoms in total. The lowest BCUT2D eigenvalue weighted by molar-refractivity contribution is -0.138. The number of rotatable bonds is 3. The van der Waals surface area contributed by atoms with Gasteiger partial charge in [0.05, 0.1) is 10.5 Å². The van der Waals surface area contributed by atoms with E-state index in [1.807, 2.05) is 0 Å². The van der Waals surface area contributed by atoms with Crippen molar-refractivity contribution in [1.29, 1.82) is 0 Å². The van der Waals surface area contributed by atoms with Gasteiger partial charge in [0.25, 0.3) is 10.0 Å². The number of anilines is 1. The summed E-state index contributed by atoms with van der Waals surface area (Å²) in [5.41, 5.74) is -0.349. The topological polar surface area (TPSA) is 46.2 Å². The molecule has 0 aliphatic heterocycles. The van der Waals surface area contributed by atoms with Gasteiger partial charge in [-0.25, -0.2) is 8.42 Å². The Morgan fingerprint density at radius 3 is 2.17 bits per heavy atom. The maximum Gasteiger partial charge on any atom is 0.416 e. The van der Waals surface area contributed by atoms with Gasteiger partial charge in [0.15, 0.2) is 0 Å². The van der Waals surface area contributed by atoms with Gasteiger partial charge >= 0.3 is 6.18 Å². The molecule has 0 atom stereocenters. The van der Waals surface area contributed by atoms with Gasteiger partial charge in [0, 0.05) is 10.7 Å². The monoisotopic (exact) mass is 363 g/mol. The molecule has 2 aromatic rings. The molecule has 0 radical (unpaired) electrons. The van der Waals surface area contributed by atoms with Crippen molar-refractivity contribution in [3.63, 3.8) is 0 Å². The molecule has 0 saturated heterocycles. The summed E-state index contributed by atoms with van der Waals surface area (Å²) >= 11 is 5.89. The van der Waals surface area contributed by atoms with Crippen LogP contribution in [0, 0.1) is 13.8 Å². The molecule has 0 amide bonds. The largest absolute Gasteiger partial charge is 0.416 e. The predicted molar refractivity (Wildman–Crippen MR) is 83.2 cm³/mol. The smallest absolute Gasteiger partial charge is 0.280 e. The first-order chi connectivity index (χ1) is 10.5. The fraction of sp³-hybridized carbons (Fsp3) is 0.200. The van der Waals surface area contributed by atoms with Crippen molar-refractivity contribution < 1.29 is 21.6 Å². The van der Waals surface area contributed by atoms with Crippen LogP contribution in [0.1, 0.15) is 16.7 Å². The minimum atomic E-state index is -4.56. The fourth-order valence-electron chi connectivity index (χ4n) is 1.95. The molecule has 2 rings (SSSR count). The van der Waals surface area contributed by atoms with Gasteiger partial charge in [-0.1, -0.05) is 23.7 Å². The Morgan fingerprint density at radius 2 is 1.61 bits per heavy atom. The molecule has 23 heavy (non-hydrogen) atoms. The molecule has 0 aliphatic carbocycles. The van der Waals surface area contributed by atoms with Crippen LogP contribution in [0.15, 0.2) is 41.3 Å². The number of sulfonamides is 1. The van der Waals surface area contributed by atoms with Crippen LogP contribution in [0.2, 0.25) is 5.02 Å². The number of aryl methyl sites for hydroxylation is 2. The molecule has 0 spiro atoms. The van der Waals surface area contributed by atoms with Crippen molar-refractivity contribution in [2.45, 2.75) is 24.9 Å². The van der Waals surface area contributed by atoms with E-state index in [9.17, 15) is 21.6 Å². The molecule has 0 fully saturated rings. The quantitative estimate of drug-likeness (QED) is 0.853. The van der Waals surface area contributed by atoms with Crippen LogP contribution in [0.5, 0.6) is 0 Å². The first kappa shape index (κ1) is 17.6. The van der Waals surface area contributed by atoms with E-state index in [2.05, 4.69) is 4.72 Å². The zero-order valence-electron chi connectivity index (χ0n) is 12.2. The molecule has 0 bridgehead atoms. The van der Waals surface area contributed by atoms with Gasteiger partial charge in [0.1, 0.15) is 0 Å². The van der Waals surface area contributed by atoms with Gasteiger partial charge in [-0.05, 0) is 49.2 Å². The first-order valence-electron chi connectivity index (χ1n) is 6.47. The van der Waals surface area contributed by atoms with E-state index in [1.165, 1.54) is 37.3 Å². The van der Waals surface area contributed by atoms with Crippen LogP contribution < -0.4 is 4.72 Å². The van der Waals surface area contributed by atoms with Gasteiger partial charge in [-0.15, -0.1) is 0 Å². The fourth-order valence-corrected chi connectivity index (χ4v) is 3.27. The Morgan fingerprint density at radius 1 is 1.00 bits per heavy atom.